The van der Waals surface area contributed by atoms with Crippen LogP contribution in [0.3, 0.4) is 0 Å². The van der Waals surface area contributed by atoms with Crippen LogP contribution in [0, 0.1) is 6.92 Å². The third kappa shape index (κ3) is 7.80. The summed E-state index contributed by atoms with van der Waals surface area (Å²) in [6.07, 6.45) is 3.55. The largest absolute Gasteiger partial charge is 0.383 e. The second-order valence-electron chi connectivity index (χ2n) is 6.54. The van der Waals surface area contributed by atoms with Crippen LogP contribution in [0.15, 0.2) is 17.1 Å². The van der Waals surface area contributed by atoms with Crippen molar-refractivity contribution in [1.82, 2.24) is 15.5 Å². The molecule has 2 atom stereocenters. The molecule has 2 unspecified atom stereocenters. The number of thiophene rings is 1. The normalized spacial score (nSPS) is 19.5. The van der Waals surface area contributed by atoms with Crippen LogP contribution in [0.4, 0.5) is 0 Å². The monoisotopic (exact) mass is 480 g/mol. The highest BCUT2D eigenvalue weighted by molar-refractivity contribution is 14.0. The van der Waals surface area contributed by atoms with Crippen LogP contribution in [0.5, 0.6) is 0 Å². The van der Waals surface area contributed by atoms with Crippen LogP contribution in [0.2, 0.25) is 0 Å². The lowest BCUT2D eigenvalue weighted by Crippen LogP contribution is -2.48. The first-order chi connectivity index (χ1) is 11.6. The standard InChI is InChI=1S/C18H32N4OS.HI/c1-14(12-17-8-7-15(2)24-17)21-18(19-3)20-13-16-6-5-9-22(16)10-11-23-4;/h7-8,14,16H,5-6,9-13H2,1-4H3,(H2,19,20,21);1H. The minimum atomic E-state index is 0. The maximum atomic E-state index is 5.21. The number of nitrogens with zero attached hydrogens (tertiary/aromatic N) is 2. The molecule has 0 aliphatic carbocycles. The number of rotatable bonds is 8. The lowest BCUT2D eigenvalue weighted by molar-refractivity contribution is 0.141. The third-order valence-corrected chi connectivity index (χ3v) is 5.52. The van der Waals surface area contributed by atoms with Crippen molar-refractivity contribution in [1.29, 1.82) is 0 Å². The molecule has 1 saturated heterocycles. The summed E-state index contributed by atoms with van der Waals surface area (Å²) in [6, 6.07) is 5.35. The van der Waals surface area contributed by atoms with E-state index in [1.165, 1.54) is 29.1 Å². The summed E-state index contributed by atoms with van der Waals surface area (Å²) in [7, 11) is 3.61. The Morgan fingerprint density at radius 3 is 2.92 bits per heavy atom. The predicted molar refractivity (Wildman–Crippen MR) is 119 cm³/mol. The van der Waals surface area contributed by atoms with E-state index < -0.39 is 0 Å². The van der Waals surface area contributed by atoms with Gasteiger partial charge in [-0.15, -0.1) is 35.3 Å². The quantitative estimate of drug-likeness (QED) is 0.342. The Labute approximate surface area is 173 Å². The Bertz CT molecular complexity index is 523. The number of aliphatic imine (C=N–C) groups is 1. The zero-order valence-corrected chi connectivity index (χ0v) is 19.0. The van der Waals surface area contributed by atoms with Gasteiger partial charge in [-0.1, -0.05) is 0 Å². The van der Waals surface area contributed by atoms with Gasteiger partial charge in [0, 0.05) is 55.5 Å². The van der Waals surface area contributed by atoms with Gasteiger partial charge >= 0.3 is 0 Å². The number of methoxy groups -OCH3 is 1. The number of nitrogens with one attached hydrogen (secondary N) is 2. The first-order valence-corrected chi connectivity index (χ1v) is 9.69. The van der Waals surface area contributed by atoms with Crippen molar-refractivity contribution in [3.63, 3.8) is 0 Å². The molecule has 7 heteroatoms. The second kappa shape index (κ2) is 12.1. The number of ether oxygens (including phenoxy) is 1. The van der Waals surface area contributed by atoms with Crippen molar-refractivity contribution in [3.8, 4) is 0 Å². The van der Waals surface area contributed by atoms with Gasteiger partial charge in [-0.25, -0.2) is 0 Å². The number of aryl methyl sites for hydroxylation is 1. The van der Waals surface area contributed by atoms with Gasteiger partial charge < -0.3 is 15.4 Å². The Hall–Kier alpha value is -0.380. The number of likely N-dealkylation sites (tertiary alicyclic amines) is 1. The van der Waals surface area contributed by atoms with Gasteiger partial charge in [0.2, 0.25) is 0 Å². The highest BCUT2D eigenvalue weighted by Gasteiger charge is 2.24. The van der Waals surface area contributed by atoms with Crippen LogP contribution >= 0.6 is 35.3 Å². The average molecular weight is 480 g/mol. The van der Waals surface area contributed by atoms with Crippen molar-refractivity contribution < 1.29 is 4.74 Å². The van der Waals surface area contributed by atoms with E-state index in [0.29, 0.717) is 12.1 Å². The number of guanidine groups is 1. The van der Waals surface area contributed by atoms with E-state index in [0.717, 1.165) is 32.1 Å². The third-order valence-electron chi connectivity index (χ3n) is 4.50. The van der Waals surface area contributed by atoms with Gasteiger partial charge in [0.15, 0.2) is 5.96 Å². The fourth-order valence-corrected chi connectivity index (χ4v) is 4.24. The molecule has 0 bridgehead atoms. The van der Waals surface area contributed by atoms with Gasteiger partial charge in [-0.3, -0.25) is 9.89 Å². The molecule has 2 N–H and O–H groups in total. The van der Waals surface area contributed by atoms with Crippen LogP contribution in [0.25, 0.3) is 0 Å². The lowest BCUT2D eigenvalue weighted by atomic mass is 10.2. The Morgan fingerprint density at radius 2 is 2.28 bits per heavy atom. The van der Waals surface area contributed by atoms with E-state index in [4.69, 9.17) is 4.74 Å². The number of hydrogen-bond acceptors (Lipinski definition) is 4. The van der Waals surface area contributed by atoms with Gasteiger partial charge in [0.1, 0.15) is 0 Å². The fraction of sp³-hybridized carbons (Fsp3) is 0.722. The van der Waals surface area contributed by atoms with Crippen molar-refractivity contribution >= 4 is 41.3 Å². The molecule has 0 spiro atoms. The maximum Gasteiger partial charge on any atom is 0.191 e. The molecular weight excluding hydrogens is 447 g/mol. The molecule has 0 aromatic carbocycles. The molecule has 0 radical (unpaired) electrons. The summed E-state index contributed by atoms with van der Waals surface area (Å²) < 4.78 is 5.21. The van der Waals surface area contributed by atoms with Gasteiger partial charge in [-0.2, -0.15) is 0 Å². The molecule has 1 aliphatic heterocycles. The van der Waals surface area contributed by atoms with Crippen LogP contribution in [0.1, 0.15) is 29.5 Å². The van der Waals surface area contributed by atoms with E-state index in [9.17, 15) is 0 Å². The van der Waals surface area contributed by atoms with Gasteiger partial charge in [-0.05, 0) is 45.4 Å². The van der Waals surface area contributed by atoms with E-state index in [1.807, 2.05) is 18.4 Å². The second-order valence-corrected chi connectivity index (χ2v) is 7.91. The first-order valence-electron chi connectivity index (χ1n) is 8.88. The van der Waals surface area contributed by atoms with Crippen LogP contribution < -0.4 is 10.6 Å². The van der Waals surface area contributed by atoms with E-state index in [2.05, 4.69) is 46.5 Å². The minimum Gasteiger partial charge on any atom is -0.383 e. The van der Waals surface area contributed by atoms with Gasteiger partial charge in [0.05, 0.1) is 6.61 Å². The van der Waals surface area contributed by atoms with E-state index in [1.54, 1.807) is 7.11 Å². The minimum absolute atomic E-state index is 0. The maximum absolute atomic E-state index is 5.21. The zero-order chi connectivity index (χ0) is 17.4. The predicted octanol–water partition coefficient (Wildman–Crippen LogP) is 2.88. The zero-order valence-electron chi connectivity index (χ0n) is 15.9. The van der Waals surface area contributed by atoms with Gasteiger partial charge in [0.25, 0.3) is 0 Å². The van der Waals surface area contributed by atoms with Crippen LogP contribution in [-0.4, -0.2) is 63.3 Å². The molecule has 1 aromatic heterocycles. The Morgan fingerprint density at radius 1 is 1.48 bits per heavy atom. The first kappa shape index (κ1) is 22.7. The summed E-state index contributed by atoms with van der Waals surface area (Å²) in [6.45, 7) is 8.31. The van der Waals surface area contributed by atoms with Crippen molar-refractivity contribution in [2.75, 3.05) is 40.4 Å². The molecule has 0 saturated carbocycles. The summed E-state index contributed by atoms with van der Waals surface area (Å²) in [5.74, 6) is 0.898. The molecule has 5 nitrogen and oxygen atoms in total. The molecule has 2 rings (SSSR count). The van der Waals surface area contributed by atoms with Crippen molar-refractivity contribution in [2.24, 2.45) is 4.99 Å². The Kier molecular flexibility index (Phi) is 11.0. The molecular formula is C18H33IN4OS. The lowest BCUT2D eigenvalue weighted by Gasteiger charge is -2.26. The fourth-order valence-electron chi connectivity index (χ4n) is 3.22. The molecule has 25 heavy (non-hydrogen) atoms. The van der Waals surface area contributed by atoms with E-state index in [-0.39, 0.29) is 24.0 Å². The topological polar surface area (TPSA) is 48.9 Å². The Balaban J connectivity index is 0.00000312. The molecule has 2 heterocycles. The van der Waals surface area contributed by atoms with Crippen LogP contribution in [-0.2, 0) is 11.2 Å². The summed E-state index contributed by atoms with van der Waals surface area (Å²) in [4.78, 5) is 9.69. The SMILES string of the molecule is CN=C(NCC1CCCN1CCOC)NC(C)Cc1ccc(C)s1.I. The summed E-state index contributed by atoms with van der Waals surface area (Å²) in [5.41, 5.74) is 0. The highest BCUT2D eigenvalue weighted by Crippen LogP contribution is 2.17. The van der Waals surface area contributed by atoms with E-state index >= 15 is 0 Å². The molecule has 0 amide bonds. The number of hydrogen-bond donors (Lipinski definition) is 2. The van der Waals surface area contributed by atoms with Crippen molar-refractivity contribution in [3.05, 3.63) is 21.9 Å². The van der Waals surface area contributed by atoms with Crippen molar-refractivity contribution in [2.45, 2.75) is 45.2 Å². The molecule has 1 fully saturated rings. The molecule has 1 aromatic rings. The summed E-state index contributed by atoms with van der Waals surface area (Å²) in [5, 5.41) is 7.01. The number of halogens is 1. The smallest absolute Gasteiger partial charge is 0.191 e. The average Bonchev–Trinajstić information content (AvgIpc) is 3.18. The highest BCUT2D eigenvalue weighted by atomic mass is 127. The molecule has 144 valence electrons. The summed E-state index contributed by atoms with van der Waals surface area (Å²) >= 11 is 1.87. The molecule has 1 aliphatic rings.